The average molecular weight is 209 g/mol. The SMILES string of the molecule is CCOC(=O)CC[C@H](N)c1ncccn1. The standard InChI is InChI=1S/C10H15N3O2/c1-2-15-9(14)5-4-8(11)10-12-6-3-7-13-10/h3,6-8H,2,4-5,11H2,1H3/t8-/m0/s1. The van der Waals surface area contributed by atoms with E-state index in [2.05, 4.69) is 9.97 Å². The lowest BCUT2D eigenvalue weighted by Gasteiger charge is -2.08. The van der Waals surface area contributed by atoms with Crippen molar-refractivity contribution < 1.29 is 9.53 Å². The number of esters is 1. The summed E-state index contributed by atoms with van der Waals surface area (Å²) in [5.74, 6) is 0.325. The number of ether oxygens (including phenoxy) is 1. The number of nitrogens with two attached hydrogens (primary N) is 1. The van der Waals surface area contributed by atoms with Gasteiger partial charge < -0.3 is 10.5 Å². The van der Waals surface area contributed by atoms with E-state index >= 15 is 0 Å². The van der Waals surface area contributed by atoms with E-state index in [1.165, 1.54) is 0 Å². The molecule has 0 amide bonds. The van der Waals surface area contributed by atoms with Crippen molar-refractivity contribution in [1.29, 1.82) is 0 Å². The third kappa shape index (κ3) is 4.03. The maximum absolute atomic E-state index is 11.1. The molecule has 15 heavy (non-hydrogen) atoms. The van der Waals surface area contributed by atoms with E-state index < -0.39 is 0 Å². The maximum Gasteiger partial charge on any atom is 0.305 e. The van der Waals surface area contributed by atoms with Crippen molar-refractivity contribution in [2.75, 3.05) is 6.61 Å². The molecule has 82 valence electrons. The minimum atomic E-state index is -0.310. The Morgan fingerprint density at radius 2 is 2.20 bits per heavy atom. The molecule has 0 saturated heterocycles. The number of hydrogen-bond acceptors (Lipinski definition) is 5. The van der Waals surface area contributed by atoms with Crippen molar-refractivity contribution in [3.05, 3.63) is 24.3 Å². The van der Waals surface area contributed by atoms with Crippen molar-refractivity contribution in [2.24, 2.45) is 5.73 Å². The lowest BCUT2D eigenvalue weighted by molar-refractivity contribution is -0.143. The molecular weight excluding hydrogens is 194 g/mol. The Hall–Kier alpha value is -1.49. The van der Waals surface area contributed by atoms with Crippen LogP contribution in [0.3, 0.4) is 0 Å². The van der Waals surface area contributed by atoms with Gasteiger partial charge in [-0.25, -0.2) is 9.97 Å². The van der Waals surface area contributed by atoms with E-state index in [1.807, 2.05) is 0 Å². The molecule has 0 aliphatic rings. The van der Waals surface area contributed by atoms with E-state index in [0.29, 0.717) is 25.3 Å². The van der Waals surface area contributed by atoms with Gasteiger partial charge in [-0.15, -0.1) is 0 Å². The fourth-order valence-electron chi connectivity index (χ4n) is 1.14. The van der Waals surface area contributed by atoms with Gasteiger partial charge in [0.25, 0.3) is 0 Å². The first-order chi connectivity index (χ1) is 7.24. The third-order valence-electron chi connectivity index (χ3n) is 1.88. The van der Waals surface area contributed by atoms with Gasteiger partial charge >= 0.3 is 5.97 Å². The zero-order valence-electron chi connectivity index (χ0n) is 8.72. The fraction of sp³-hybridized carbons (Fsp3) is 0.500. The molecule has 0 bridgehead atoms. The molecule has 0 fully saturated rings. The first-order valence-electron chi connectivity index (χ1n) is 4.92. The van der Waals surface area contributed by atoms with Gasteiger partial charge in [-0.05, 0) is 19.4 Å². The number of nitrogens with zero attached hydrogens (tertiary/aromatic N) is 2. The number of carbonyl (C=O) groups excluding carboxylic acids is 1. The highest BCUT2D eigenvalue weighted by Gasteiger charge is 2.11. The minimum absolute atomic E-state index is 0.233. The molecule has 1 atom stereocenters. The monoisotopic (exact) mass is 209 g/mol. The molecule has 5 nitrogen and oxygen atoms in total. The second kappa shape index (κ2) is 6.08. The van der Waals surface area contributed by atoms with Crippen molar-refractivity contribution in [2.45, 2.75) is 25.8 Å². The second-order valence-corrected chi connectivity index (χ2v) is 3.06. The van der Waals surface area contributed by atoms with Gasteiger partial charge in [-0.1, -0.05) is 0 Å². The van der Waals surface area contributed by atoms with Crippen LogP contribution in [0.4, 0.5) is 0 Å². The summed E-state index contributed by atoms with van der Waals surface area (Å²) < 4.78 is 4.79. The predicted octanol–water partition coefficient (Wildman–Crippen LogP) is 0.820. The molecule has 2 N–H and O–H groups in total. The van der Waals surface area contributed by atoms with Crippen LogP contribution in [0, 0.1) is 0 Å². The Morgan fingerprint density at radius 3 is 2.80 bits per heavy atom. The molecule has 0 radical (unpaired) electrons. The lowest BCUT2D eigenvalue weighted by Crippen LogP contribution is -2.16. The van der Waals surface area contributed by atoms with Crippen molar-refractivity contribution in [1.82, 2.24) is 9.97 Å². The summed E-state index contributed by atoms with van der Waals surface area (Å²) in [5.41, 5.74) is 5.81. The molecule has 1 rings (SSSR count). The summed E-state index contributed by atoms with van der Waals surface area (Å²) in [5, 5.41) is 0. The average Bonchev–Trinajstić information content (AvgIpc) is 2.27. The van der Waals surface area contributed by atoms with Gasteiger partial charge in [0.1, 0.15) is 5.82 Å². The quantitative estimate of drug-likeness (QED) is 0.726. The Balaban J connectivity index is 2.37. The first kappa shape index (κ1) is 11.6. The summed E-state index contributed by atoms with van der Waals surface area (Å²) >= 11 is 0. The maximum atomic E-state index is 11.1. The summed E-state index contributed by atoms with van der Waals surface area (Å²) in [7, 11) is 0. The highest BCUT2D eigenvalue weighted by atomic mass is 16.5. The third-order valence-corrected chi connectivity index (χ3v) is 1.88. The van der Waals surface area contributed by atoms with Crippen molar-refractivity contribution >= 4 is 5.97 Å². The summed E-state index contributed by atoms with van der Waals surface area (Å²) in [4.78, 5) is 19.1. The van der Waals surface area contributed by atoms with Gasteiger partial charge in [0, 0.05) is 18.8 Å². The van der Waals surface area contributed by atoms with Crippen LogP contribution in [0.25, 0.3) is 0 Å². The van der Waals surface area contributed by atoms with E-state index in [9.17, 15) is 4.79 Å². The number of hydrogen-bond donors (Lipinski definition) is 1. The molecule has 0 aromatic carbocycles. The van der Waals surface area contributed by atoms with E-state index in [0.717, 1.165) is 0 Å². The van der Waals surface area contributed by atoms with Gasteiger partial charge in [-0.3, -0.25) is 4.79 Å². The lowest BCUT2D eigenvalue weighted by atomic mass is 10.1. The van der Waals surface area contributed by atoms with Gasteiger partial charge in [-0.2, -0.15) is 0 Å². The molecule has 1 heterocycles. The van der Waals surface area contributed by atoms with Gasteiger partial charge in [0.05, 0.1) is 12.6 Å². The molecule has 1 aromatic heterocycles. The molecule has 5 heteroatoms. The summed E-state index contributed by atoms with van der Waals surface area (Å²) in [6.07, 6.45) is 4.06. The zero-order chi connectivity index (χ0) is 11.1. The normalized spacial score (nSPS) is 12.1. The molecule has 0 spiro atoms. The van der Waals surface area contributed by atoms with Crippen LogP contribution >= 0.6 is 0 Å². The van der Waals surface area contributed by atoms with Crippen LogP contribution in [0.5, 0.6) is 0 Å². The Bertz CT molecular complexity index is 303. The number of aromatic nitrogens is 2. The van der Waals surface area contributed by atoms with Crippen LogP contribution in [-0.2, 0) is 9.53 Å². The minimum Gasteiger partial charge on any atom is -0.466 e. The van der Waals surface area contributed by atoms with E-state index in [-0.39, 0.29) is 12.0 Å². The van der Waals surface area contributed by atoms with Crippen LogP contribution in [0.15, 0.2) is 18.5 Å². The van der Waals surface area contributed by atoms with Crippen LogP contribution in [0.2, 0.25) is 0 Å². The Kier molecular flexibility index (Phi) is 4.70. The second-order valence-electron chi connectivity index (χ2n) is 3.06. The van der Waals surface area contributed by atoms with Crippen molar-refractivity contribution in [3.8, 4) is 0 Å². The highest BCUT2D eigenvalue weighted by Crippen LogP contribution is 2.10. The van der Waals surface area contributed by atoms with E-state index in [1.54, 1.807) is 25.4 Å². The molecule has 0 unspecified atom stereocenters. The largest absolute Gasteiger partial charge is 0.466 e. The zero-order valence-corrected chi connectivity index (χ0v) is 8.72. The fourth-order valence-corrected chi connectivity index (χ4v) is 1.14. The summed E-state index contributed by atoms with van der Waals surface area (Å²) in [6, 6.07) is 1.41. The Labute approximate surface area is 88.7 Å². The highest BCUT2D eigenvalue weighted by molar-refractivity contribution is 5.69. The van der Waals surface area contributed by atoms with Crippen LogP contribution in [0.1, 0.15) is 31.6 Å². The molecule has 1 aromatic rings. The molecule has 0 saturated carbocycles. The molecule has 0 aliphatic heterocycles. The number of rotatable bonds is 5. The van der Waals surface area contributed by atoms with Gasteiger partial charge in [0.15, 0.2) is 0 Å². The number of carbonyl (C=O) groups is 1. The summed E-state index contributed by atoms with van der Waals surface area (Å²) in [6.45, 7) is 2.17. The van der Waals surface area contributed by atoms with E-state index in [4.69, 9.17) is 10.5 Å². The molecular formula is C10H15N3O2. The smallest absolute Gasteiger partial charge is 0.305 e. The van der Waals surface area contributed by atoms with Crippen LogP contribution in [-0.4, -0.2) is 22.5 Å². The Morgan fingerprint density at radius 1 is 1.53 bits per heavy atom. The first-order valence-corrected chi connectivity index (χ1v) is 4.92. The topological polar surface area (TPSA) is 78.1 Å². The van der Waals surface area contributed by atoms with Crippen LogP contribution < -0.4 is 5.73 Å². The van der Waals surface area contributed by atoms with Crippen molar-refractivity contribution in [3.63, 3.8) is 0 Å². The predicted molar refractivity (Wildman–Crippen MR) is 54.8 cm³/mol. The van der Waals surface area contributed by atoms with Gasteiger partial charge in [0.2, 0.25) is 0 Å². The molecule has 0 aliphatic carbocycles.